The fourth-order valence-corrected chi connectivity index (χ4v) is 2.69. The summed E-state index contributed by atoms with van der Waals surface area (Å²) in [5.41, 5.74) is 11.4. The largest absolute Gasteiger partial charge is 0.394 e. The van der Waals surface area contributed by atoms with Crippen molar-refractivity contribution in [1.29, 1.82) is 0 Å². The van der Waals surface area contributed by atoms with E-state index in [1.807, 2.05) is 0 Å². The number of hydrogen-bond acceptors (Lipinski definition) is 6. The van der Waals surface area contributed by atoms with E-state index in [1.165, 1.54) is 0 Å². The Morgan fingerprint density at radius 2 is 1.21 bits per heavy atom. The van der Waals surface area contributed by atoms with Gasteiger partial charge in [-0.1, -0.05) is 34.6 Å². The third-order valence-corrected chi connectivity index (χ3v) is 4.58. The fraction of sp³-hybridized carbons (Fsp3) is 0.375. The van der Waals surface area contributed by atoms with Crippen LogP contribution in [0.15, 0.2) is 34.6 Å². The van der Waals surface area contributed by atoms with Crippen molar-refractivity contribution in [3.8, 4) is 0 Å². The quantitative estimate of drug-likeness (QED) is 0.813. The molecule has 0 radical (unpaired) electrons. The van der Waals surface area contributed by atoms with Crippen molar-refractivity contribution in [2.75, 3.05) is 13.2 Å². The van der Waals surface area contributed by atoms with Crippen LogP contribution in [0.1, 0.15) is 25.0 Å². The molecule has 4 N–H and O–H groups in total. The molecule has 8 heteroatoms. The van der Waals surface area contributed by atoms with Gasteiger partial charge in [0.05, 0.1) is 0 Å². The van der Waals surface area contributed by atoms with Gasteiger partial charge >= 0.3 is 0 Å². The normalized spacial score (nSPS) is 28.6. The zero-order chi connectivity index (χ0) is 17.5. The van der Waals surface area contributed by atoms with Crippen molar-refractivity contribution < 1.29 is 19.3 Å². The summed E-state index contributed by atoms with van der Waals surface area (Å²) >= 11 is 0. The SMILES string of the molecule is C[C@]1(C(N)=O)CON=C1c1ccc(C2=NOC[C@]2(C)C(N)=O)cc1. The minimum atomic E-state index is -0.975. The zero-order valence-corrected chi connectivity index (χ0v) is 13.4. The first kappa shape index (κ1) is 16.0. The zero-order valence-electron chi connectivity index (χ0n) is 13.4. The number of rotatable bonds is 4. The van der Waals surface area contributed by atoms with Crippen LogP contribution in [0.3, 0.4) is 0 Å². The summed E-state index contributed by atoms with van der Waals surface area (Å²) in [5, 5.41) is 7.90. The van der Waals surface area contributed by atoms with Gasteiger partial charge in [0.15, 0.2) is 0 Å². The topological polar surface area (TPSA) is 129 Å². The second kappa shape index (κ2) is 5.33. The van der Waals surface area contributed by atoms with Crippen molar-refractivity contribution >= 4 is 23.2 Å². The summed E-state index contributed by atoms with van der Waals surface area (Å²) in [6.07, 6.45) is 0. The van der Waals surface area contributed by atoms with E-state index in [9.17, 15) is 9.59 Å². The number of hydrogen-bond donors (Lipinski definition) is 2. The summed E-state index contributed by atoms with van der Waals surface area (Å²) in [6, 6.07) is 7.08. The molecule has 0 aliphatic carbocycles. The van der Waals surface area contributed by atoms with E-state index in [4.69, 9.17) is 21.1 Å². The average molecular weight is 330 g/mol. The van der Waals surface area contributed by atoms with Crippen LogP contribution < -0.4 is 11.5 Å². The van der Waals surface area contributed by atoms with Crippen molar-refractivity contribution in [3.05, 3.63) is 35.4 Å². The average Bonchev–Trinajstić information content (AvgIpc) is 3.13. The van der Waals surface area contributed by atoms with E-state index in [0.29, 0.717) is 22.6 Å². The van der Waals surface area contributed by atoms with Gasteiger partial charge in [-0.15, -0.1) is 0 Å². The molecule has 0 saturated heterocycles. The highest BCUT2D eigenvalue weighted by molar-refractivity contribution is 6.18. The molecule has 0 fully saturated rings. The molecule has 3 rings (SSSR count). The number of oxime groups is 2. The van der Waals surface area contributed by atoms with Crippen LogP contribution in [0.5, 0.6) is 0 Å². The van der Waals surface area contributed by atoms with Crippen molar-refractivity contribution in [2.24, 2.45) is 32.6 Å². The van der Waals surface area contributed by atoms with Crippen LogP contribution in [-0.2, 0) is 19.3 Å². The van der Waals surface area contributed by atoms with Crippen molar-refractivity contribution in [2.45, 2.75) is 13.8 Å². The van der Waals surface area contributed by atoms with Gasteiger partial charge in [0.2, 0.25) is 11.8 Å². The van der Waals surface area contributed by atoms with E-state index in [0.717, 1.165) is 0 Å². The van der Waals surface area contributed by atoms with Gasteiger partial charge in [-0.2, -0.15) is 0 Å². The highest BCUT2D eigenvalue weighted by Crippen LogP contribution is 2.32. The maximum absolute atomic E-state index is 11.7. The Bertz CT molecular complexity index is 706. The lowest BCUT2D eigenvalue weighted by Crippen LogP contribution is -2.42. The first-order valence-electron chi connectivity index (χ1n) is 7.40. The van der Waals surface area contributed by atoms with E-state index in [1.54, 1.807) is 38.1 Å². The smallest absolute Gasteiger partial charge is 0.233 e. The van der Waals surface area contributed by atoms with Gasteiger partial charge in [-0.3, -0.25) is 9.59 Å². The highest BCUT2D eigenvalue weighted by atomic mass is 16.6. The minimum Gasteiger partial charge on any atom is -0.394 e. The van der Waals surface area contributed by atoms with Crippen LogP contribution in [0.4, 0.5) is 0 Å². The number of benzene rings is 1. The number of carbonyl (C=O) groups is 2. The van der Waals surface area contributed by atoms with E-state index in [2.05, 4.69) is 10.3 Å². The number of nitrogens with two attached hydrogens (primary N) is 2. The van der Waals surface area contributed by atoms with Gasteiger partial charge in [0.25, 0.3) is 0 Å². The number of carbonyl (C=O) groups excluding carboxylic acids is 2. The summed E-state index contributed by atoms with van der Waals surface area (Å²) in [6.45, 7) is 3.60. The Morgan fingerprint density at radius 1 is 0.875 bits per heavy atom. The molecule has 2 heterocycles. The van der Waals surface area contributed by atoms with Gasteiger partial charge in [-0.25, -0.2) is 0 Å². The third kappa shape index (κ3) is 2.22. The van der Waals surface area contributed by atoms with Crippen LogP contribution in [0.25, 0.3) is 0 Å². The Labute approximate surface area is 138 Å². The minimum absolute atomic E-state index is 0.111. The first-order valence-corrected chi connectivity index (χ1v) is 7.40. The van der Waals surface area contributed by atoms with Crippen LogP contribution in [-0.4, -0.2) is 36.5 Å². The molecule has 24 heavy (non-hydrogen) atoms. The lowest BCUT2D eigenvalue weighted by Gasteiger charge is -2.20. The lowest BCUT2D eigenvalue weighted by atomic mass is 9.80. The van der Waals surface area contributed by atoms with Gasteiger partial charge in [0.1, 0.15) is 35.5 Å². The lowest BCUT2D eigenvalue weighted by molar-refractivity contribution is -0.125. The molecule has 0 saturated carbocycles. The van der Waals surface area contributed by atoms with Gasteiger partial charge in [-0.05, 0) is 13.8 Å². The second-order valence-electron chi connectivity index (χ2n) is 6.40. The molecule has 1 aromatic carbocycles. The van der Waals surface area contributed by atoms with Crippen molar-refractivity contribution in [3.63, 3.8) is 0 Å². The molecule has 1 aromatic rings. The van der Waals surface area contributed by atoms with Crippen molar-refractivity contribution in [1.82, 2.24) is 0 Å². The molecule has 2 aliphatic rings. The molecule has 0 spiro atoms. The van der Waals surface area contributed by atoms with E-state index in [-0.39, 0.29) is 13.2 Å². The Kier molecular flexibility index (Phi) is 3.55. The first-order chi connectivity index (χ1) is 11.3. The molecule has 126 valence electrons. The predicted octanol–water partition coefficient (Wildman–Crippen LogP) is 0.138. The summed E-state index contributed by atoms with van der Waals surface area (Å²) in [4.78, 5) is 33.6. The molecule has 2 amide bonds. The molecule has 8 nitrogen and oxygen atoms in total. The summed E-state index contributed by atoms with van der Waals surface area (Å²) in [5.74, 6) is -1.00. The highest BCUT2D eigenvalue weighted by Gasteiger charge is 2.45. The van der Waals surface area contributed by atoms with E-state index >= 15 is 0 Å². The van der Waals surface area contributed by atoms with Gasteiger partial charge < -0.3 is 21.1 Å². The molecular formula is C16H18N4O4. The molecule has 0 bridgehead atoms. The number of primary amides is 2. The maximum atomic E-state index is 11.7. The maximum Gasteiger partial charge on any atom is 0.233 e. The van der Waals surface area contributed by atoms with E-state index < -0.39 is 22.6 Å². The second-order valence-corrected chi connectivity index (χ2v) is 6.40. The number of nitrogens with zero attached hydrogens (tertiary/aromatic N) is 2. The molecule has 0 aromatic heterocycles. The summed E-state index contributed by atoms with van der Waals surface area (Å²) < 4.78 is 0. The van der Waals surface area contributed by atoms with Gasteiger partial charge in [0, 0.05) is 11.1 Å². The van der Waals surface area contributed by atoms with Crippen LogP contribution >= 0.6 is 0 Å². The standard InChI is InChI=1S/C16H18N4O4/c1-15(13(17)21)7-23-19-11(15)9-3-5-10(6-4-9)12-16(2,14(18)22)8-24-20-12/h3-6H,7-8H2,1-2H3,(H2,17,21)(H2,18,22)/t15-,16-/m0/s1. The summed E-state index contributed by atoms with van der Waals surface area (Å²) in [7, 11) is 0. The Morgan fingerprint density at radius 3 is 1.50 bits per heavy atom. The molecular weight excluding hydrogens is 312 g/mol. The third-order valence-electron chi connectivity index (χ3n) is 4.58. The molecule has 0 unspecified atom stereocenters. The fourth-order valence-electron chi connectivity index (χ4n) is 2.69. The van der Waals surface area contributed by atoms with Crippen LogP contribution in [0.2, 0.25) is 0 Å². The predicted molar refractivity (Wildman–Crippen MR) is 86.0 cm³/mol. The number of amides is 2. The van der Waals surface area contributed by atoms with Crippen LogP contribution in [0, 0.1) is 10.8 Å². The monoisotopic (exact) mass is 330 g/mol. The molecule has 2 atom stereocenters. The Hall–Kier alpha value is -2.90. The molecule has 2 aliphatic heterocycles. The Balaban J connectivity index is 1.93.